The normalized spacial score (nSPS) is 18.0. The van der Waals surface area contributed by atoms with E-state index in [2.05, 4.69) is 39.6 Å². The van der Waals surface area contributed by atoms with Gasteiger partial charge in [-0.25, -0.2) is 4.98 Å². The molecule has 4 nitrogen and oxygen atoms in total. The van der Waals surface area contributed by atoms with Gasteiger partial charge in [-0.15, -0.1) is 0 Å². The van der Waals surface area contributed by atoms with Crippen LogP contribution in [0.5, 0.6) is 0 Å². The van der Waals surface area contributed by atoms with E-state index in [1.165, 1.54) is 11.8 Å². The predicted octanol–water partition coefficient (Wildman–Crippen LogP) is 3.18. The Balaban J connectivity index is 1.86. The Kier molecular flexibility index (Phi) is 2.75. The molecule has 0 amide bonds. The fourth-order valence-corrected chi connectivity index (χ4v) is 3.37. The monoisotopic (exact) mass is 295 g/mol. The lowest BCUT2D eigenvalue weighted by atomic mass is 10.1. The molecule has 21 heavy (non-hydrogen) atoms. The molecule has 1 unspecified atom stereocenters. The minimum Gasteiger partial charge on any atom is -0.366 e. The van der Waals surface area contributed by atoms with E-state index in [1.807, 2.05) is 18.4 Å². The second-order valence-electron chi connectivity index (χ2n) is 5.10. The van der Waals surface area contributed by atoms with Crippen LogP contribution < -0.4 is 5.32 Å². The van der Waals surface area contributed by atoms with Crippen molar-refractivity contribution in [2.75, 3.05) is 0 Å². The van der Waals surface area contributed by atoms with Crippen molar-refractivity contribution in [2.45, 2.75) is 12.3 Å². The number of pyridine rings is 1. The van der Waals surface area contributed by atoms with Crippen molar-refractivity contribution in [1.82, 2.24) is 15.3 Å². The highest BCUT2D eigenvalue weighted by molar-refractivity contribution is 8.03. The van der Waals surface area contributed by atoms with Gasteiger partial charge in [-0.1, -0.05) is 17.8 Å². The van der Waals surface area contributed by atoms with E-state index in [0.29, 0.717) is 0 Å². The summed E-state index contributed by atoms with van der Waals surface area (Å²) in [5.41, 5.74) is 5.06. The smallest absolute Gasteiger partial charge is 0.152 e. The lowest BCUT2D eigenvalue weighted by Gasteiger charge is -2.07. The zero-order chi connectivity index (χ0) is 14.4. The largest absolute Gasteiger partial charge is 0.366 e. The maximum absolute atomic E-state index is 10.8. The number of hydrogen-bond acceptors (Lipinski definition) is 4. The predicted molar refractivity (Wildman–Crippen MR) is 86.9 cm³/mol. The summed E-state index contributed by atoms with van der Waals surface area (Å²) in [7, 11) is 0. The minimum atomic E-state index is -0.178. The number of carbonyl (C=O) groups is 1. The Morgan fingerprint density at radius 1 is 1.24 bits per heavy atom. The van der Waals surface area contributed by atoms with E-state index < -0.39 is 0 Å². The SMILES string of the molecule is Cc1ccc2c(n1)[nH]c1ccc(C3=CSC(C=O)N3)cc12. The molecule has 1 atom stereocenters. The molecule has 2 aromatic heterocycles. The van der Waals surface area contributed by atoms with E-state index >= 15 is 0 Å². The molecule has 0 fully saturated rings. The van der Waals surface area contributed by atoms with Gasteiger partial charge in [0.25, 0.3) is 0 Å². The summed E-state index contributed by atoms with van der Waals surface area (Å²) >= 11 is 1.50. The third-order valence-electron chi connectivity index (χ3n) is 3.66. The first kappa shape index (κ1) is 12.5. The van der Waals surface area contributed by atoms with Gasteiger partial charge < -0.3 is 15.1 Å². The van der Waals surface area contributed by atoms with E-state index in [1.54, 1.807) is 0 Å². The van der Waals surface area contributed by atoms with E-state index in [0.717, 1.165) is 45.2 Å². The Hall–Kier alpha value is -2.27. The molecule has 5 heteroatoms. The van der Waals surface area contributed by atoms with Crippen LogP contribution >= 0.6 is 11.8 Å². The van der Waals surface area contributed by atoms with Gasteiger partial charge in [-0.05, 0) is 42.2 Å². The molecule has 0 spiro atoms. The number of thioether (sulfide) groups is 1. The van der Waals surface area contributed by atoms with E-state index in [4.69, 9.17) is 0 Å². The van der Waals surface area contributed by atoms with E-state index in [-0.39, 0.29) is 5.37 Å². The summed E-state index contributed by atoms with van der Waals surface area (Å²) in [5, 5.41) is 7.29. The quantitative estimate of drug-likeness (QED) is 0.713. The number of aromatic nitrogens is 2. The average molecular weight is 295 g/mol. The molecular weight excluding hydrogens is 282 g/mol. The molecule has 0 aliphatic carbocycles. The number of carbonyl (C=O) groups excluding carboxylic acids is 1. The topological polar surface area (TPSA) is 57.8 Å². The summed E-state index contributed by atoms with van der Waals surface area (Å²) in [5.74, 6) is 0. The van der Waals surface area contributed by atoms with Crippen molar-refractivity contribution >= 4 is 45.7 Å². The van der Waals surface area contributed by atoms with Gasteiger partial charge in [-0.2, -0.15) is 0 Å². The number of fused-ring (bicyclic) bond motifs is 3. The lowest BCUT2D eigenvalue weighted by molar-refractivity contribution is -0.107. The molecule has 0 bridgehead atoms. The molecule has 0 saturated heterocycles. The molecule has 3 aromatic rings. The van der Waals surface area contributed by atoms with Crippen LogP contribution in [0, 0.1) is 6.92 Å². The first-order valence-corrected chi connectivity index (χ1v) is 7.66. The van der Waals surface area contributed by atoms with Gasteiger partial charge in [0, 0.05) is 27.7 Å². The van der Waals surface area contributed by atoms with Crippen molar-refractivity contribution in [1.29, 1.82) is 0 Å². The number of nitrogens with one attached hydrogen (secondary N) is 2. The van der Waals surface area contributed by atoms with Crippen LogP contribution in [0.4, 0.5) is 0 Å². The molecule has 2 N–H and O–H groups in total. The number of benzene rings is 1. The first-order chi connectivity index (χ1) is 10.2. The average Bonchev–Trinajstić information content (AvgIpc) is 3.10. The summed E-state index contributed by atoms with van der Waals surface area (Å²) in [4.78, 5) is 18.7. The van der Waals surface area contributed by atoms with Crippen LogP contribution in [0.15, 0.2) is 35.7 Å². The zero-order valence-electron chi connectivity index (χ0n) is 11.4. The Labute approximate surface area is 125 Å². The molecule has 1 aliphatic heterocycles. The van der Waals surface area contributed by atoms with Gasteiger partial charge in [0.2, 0.25) is 0 Å². The van der Waals surface area contributed by atoms with Crippen molar-refractivity contribution in [3.05, 3.63) is 47.0 Å². The van der Waals surface area contributed by atoms with Crippen molar-refractivity contribution < 1.29 is 4.79 Å². The highest BCUT2D eigenvalue weighted by atomic mass is 32.2. The maximum Gasteiger partial charge on any atom is 0.152 e. The van der Waals surface area contributed by atoms with Crippen LogP contribution in [-0.4, -0.2) is 21.6 Å². The fraction of sp³-hybridized carbons (Fsp3) is 0.125. The van der Waals surface area contributed by atoms with Crippen molar-refractivity contribution in [3.63, 3.8) is 0 Å². The Morgan fingerprint density at radius 3 is 2.95 bits per heavy atom. The van der Waals surface area contributed by atoms with E-state index in [9.17, 15) is 4.79 Å². The number of H-pyrrole nitrogens is 1. The van der Waals surface area contributed by atoms with Crippen LogP contribution in [0.2, 0.25) is 0 Å². The first-order valence-electron chi connectivity index (χ1n) is 6.71. The molecule has 1 aromatic carbocycles. The standard InChI is InChI=1S/C16H13N3OS/c1-9-2-4-11-12-6-10(14-8-21-15(7-20)18-14)3-5-13(12)19-16(11)17-9/h2-8,15,18H,1H3,(H,17,19). The van der Waals surface area contributed by atoms with Crippen LogP contribution in [0.25, 0.3) is 27.6 Å². The fourth-order valence-electron chi connectivity index (χ4n) is 2.62. The summed E-state index contributed by atoms with van der Waals surface area (Å²) in [6.45, 7) is 1.99. The van der Waals surface area contributed by atoms with Gasteiger partial charge >= 0.3 is 0 Å². The molecule has 104 valence electrons. The second-order valence-corrected chi connectivity index (χ2v) is 6.12. The van der Waals surface area contributed by atoms with Crippen LogP contribution in [0.3, 0.4) is 0 Å². The number of hydrogen-bond donors (Lipinski definition) is 2. The third-order valence-corrected chi connectivity index (χ3v) is 4.56. The minimum absolute atomic E-state index is 0.178. The molecule has 0 radical (unpaired) electrons. The highest BCUT2D eigenvalue weighted by Crippen LogP contribution is 2.31. The molecular formula is C16H13N3OS. The molecule has 1 aliphatic rings. The van der Waals surface area contributed by atoms with Gasteiger partial charge in [0.05, 0.1) is 0 Å². The Bertz CT molecular complexity index is 897. The zero-order valence-corrected chi connectivity index (χ0v) is 12.2. The number of aromatic amines is 1. The molecule has 4 rings (SSSR count). The Morgan fingerprint density at radius 2 is 2.14 bits per heavy atom. The van der Waals surface area contributed by atoms with Gasteiger partial charge in [-0.3, -0.25) is 0 Å². The summed E-state index contributed by atoms with van der Waals surface area (Å²) < 4.78 is 0. The van der Waals surface area contributed by atoms with Crippen molar-refractivity contribution in [2.24, 2.45) is 0 Å². The van der Waals surface area contributed by atoms with Crippen LogP contribution in [-0.2, 0) is 4.79 Å². The summed E-state index contributed by atoms with van der Waals surface area (Å²) in [6, 6.07) is 10.4. The molecule has 0 saturated carbocycles. The lowest BCUT2D eigenvalue weighted by Crippen LogP contribution is -2.20. The maximum atomic E-state index is 10.8. The number of rotatable bonds is 2. The second kappa shape index (κ2) is 4.63. The highest BCUT2D eigenvalue weighted by Gasteiger charge is 2.17. The van der Waals surface area contributed by atoms with Gasteiger partial charge in [0.1, 0.15) is 11.0 Å². The summed E-state index contributed by atoms with van der Waals surface area (Å²) in [6.07, 6.45) is 0.922. The van der Waals surface area contributed by atoms with Gasteiger partial charge in [0.15, 0.2) is 6.29 Å². The number of aryl methyl sites for hydroxylation is 1. The van der Waals surface area contributed by atoms with Crippen molar-refractivity contribution in [3.8, 4) is 0 Å². The van der Waals surface area contributed by atoms with Crippen LogP contribution in [0.1, 0.15) is 11.3 Å². The number of aldehydes is 1. The third kappa shape index (κ3) is 2.01. The molecule has 3 heterocycles. The number of nitrogens with zero attached hydrogens (tertiary/aromatic N) is 1.